The van der Waals surface area contributed by atoms with Crippen LogP contribution in [0.1, 0.15) is 10.4 Å². The molecule has 140 valence electrons. The Labute approximate surface area is 167 Å². The Bertz CT molecular complexity index is 1020. The average Bonchev–Trinajstić information content (AvgIpc) is 3.37. The highest BCUT2D eigenvalue weighted by Crippen LogP contribution is 2.26. The summed E-state index contributed by atoms with van der Waals surface area (Å²) in [6.07, 6.45) is 1.74. The molecule has 2 N–H and O–H groups in total. The van der Waals surface area contributed by atoms with Gasteiger partial charge in [-0.05, 0) is 30.3 Å². The zero-order valence-electron chi connectivity index (χ0n) is 15.2. The number of nitrogens with zero attached hydrogens (tertiary/aromatic N) is 3. The first-order chi connectivity index (χ1) is 13.8. The lowest BCUT2D eigenvalue weighted by Gasteiger charge is -2.14. The van der Waals surface area contributed by atoms with Crippen LogP contribution in [0.5, 0.6) is 0 Å². The normalized spacial score (nSPS) is 13.0. The van der Waals surface area contributed by atoms with Gasteiger partial charge >= 0.3 is 6.03 Å². The summed E-state index contributed by atoms with van der Waals surface area (Å²) in [5.74, 6) is 6.93. The number of urea groups is 1. The van der Waals surface area contributed by atoms with Gasteiger partial charge in [0.05, 0.1) is 15.4 Å². The van der Waals surface area contributed by atoms with E-state index in [0.29, 0.717) is 25.6 Å². The van der Waals surface area contributed by atoms with E-state index in [1.807, 2.05) is 48.5 Å². The molecule has 2 aromatic heterocycles. The van der Waals surface area contributed by atoms with Gasteiger partial charge in [0.2, 0.25) is 5.95 Å². The summed E-state index contributed by atoms with van der Waals surface area (Å²) in [7, 11) is 0. The number of benzene rings is 1. The highest BCUT2D eigenvalue weighted by Gasteiger charge is 2.18. The summed E-state index contributed by atoms with van der Waals surface area (Å²) in [6, 6.07) is 15.8. The smallest absolute Gasteiger partial charge is 0.317 e. The van der Waals surface area contributed by atoms with E-state index in [1.54, 1.807) is 22.4 Å². The van der Waals surface area contributed by atoms with Gasteiger partial charge in [-0.15, -0.1) is 11.3 Å². The highest BCUT2D eigenvalue weighted by molar-refractivity contribution is 7.16. The molecule has 4 rings (SSSR count). The van der Waals surface area contributed by atoms with Gasteiger partial charge in [0.1, 0.15) is 0 Å². The van der Waals surface area contributed by atoms with Crippen LogP contribution in [0.15, 0.2) is 54.7 Å². The molecule has 0 atom stereocenters. The topological polar surface area (TPSA) is 70.2 Å². The van der Waals surface area contributed by atoms with Crippen molar-refractivity contribution in [1.29, 1.82) is 0 Å². The molecule has 2 amide bonds. The monoisotopic (exact) mass is 389 g/mol. The van der Waals surface area contributed by atoms with E-state index >= 15 is 0 Å². The predicted molar refractivity (Wildman–Crippen MR) is 111 cm³/mol. The maximum atomic E-state index is 11.5. The summed E-state index contributed by atoms with van der Waals surface area (Å²) >= 11 is 1.61. The molecule has 28 heavy (non-hydrogen) atoms. The standard InChI is InChI=1S/C21H19N5OS/c27-21-24-13-15-26(21)14-12-23-20-22-11-10-18(25-20)19-9-8-17(28-19)7-6-16-4-2-1-3-5-16/h1-5,8-11H,12-15H2,(H,24,27)(H,22,23,25). The van der Waals surface area contributed by atoms with Crippen LogP contribution in [0.2, 0.25) is 0 Å². The van der Waals surface area contributed by atoms with Crippen molar-refractivity contribution in [2.45, 2.75) is 0 Å². The number of thiophene rings is 1. The largest absolute Gasteiger partial charge is 0.352 e. The molecule has 1 fully saturated rings. The van der Waals surface area contributed by atoms with Crippen LogP contribution in [0.3, 0.4) is 0 Å². The van der Waals surface area contributed by atoms with E-state index in [4.69, 9.17) is 0 Å². The van der Waals surface area contributed by atoms with Crippen molar-refractivity contribution in [1.82, 2.24) is 20.2 Å². The van der Waals surface area contributed by atoms with Gasteiger partial charge < -0.3 is 15.5 Å². The van der Waals surface area contributed by atoms with E-state index < -0.39 is 0 Å². The maximum Gasteiger partial charge on any atom is 0.317 e. The molecule has 0 spiro atoms. The average molecular weight is 389 g/mol. The molecule has 1 aromatic carbocycles. The summed E-state index contributed by atoms with van der Waals surface area (Å²) in [5, 5.41) is 5.98. The Balaban J connectivity index is 1.40. The number of carbonyl (C=O) groups excluding carboxylic acids is 1. The van der Waals surface area contributed by atoms with Crippen LogP contribution in [-0.2, 0) is 0 Å². The Morgan fingerprint density at radius 3 is 2.86 bits per heavy atom. The van der Waals surface area contributed by atoms with Crippen LogP contribution < -0.4 is 10.6 Å². The highest BCUT2D eigenvalue weighted by atomic mass is 32.1. The summed E-state index contributed by atoms with van der Waals surface area (Å²) < 4.78 is 0. The minimum atomic E-state index is -0.0146. The molecule has 1 aliphatic heterocycles. The number of amides is 2. The van der Waals surface area contributed by atoms with Gasteiger partial charge in [0, 0.05) is 37.9 Å². The van der Waals surface area contributed by atoms with Gasteiger partial charge in [-0.2, -0.15) is 0 Å². The fourth-order valence-electron chi connectivity index (χ4n) is 2.81. The molecule has 0 unspecified atom stereocenters. The Hall–Kier alpha value is -3.37. The lowest BCUT2D eigenvalue weighted by Crippen LogP contribution is -2.32. The Morgan fingerprint density at radius 1 is 1.14 bits per heavy atom. The van der Waals surface area contributed by atoms with Crippen molar-refractivity contribution in [2.24, 2.45) is 0 Å². The molecule has 0 aliphatic carbocycles. The number of hydrogen-bond donors (Lipinski definition) is 2. The van der Waals surface area contributed by atoms with Gasteiger partial charge in [-0.1, -0.05) is 30.0 Å². The third-order valence-corrected chi connectivity index (χ3v) is 5.25. The molecule has 1 aliphatic rings. The molecule has 0 radical (unpaired) electrons. The van der Waals surface area contributed by atoms with Crippen molar-refractivity contribution >= 4 is 23.3 Å². The van der Waals surface area contributed by atoms with Gasteiger partial charge in [-0.3, -0.25) is 0 Å². The predicted octanol–water partition coefficient (Wildman–Crippen LogP) is 3.04. The van der Waals surface area contributed by atoms with Crippen molar-refractivity contribution in [3.8, 4) is 22.4 Å². The lowest BCUT2D eigenvalue weighted by molar-refractivity contribution is 0.219. The number of rotatable bonds is 5. The molecule has 1 saturated heterocycles. The lowest BCUT2D eigenvalue weighted by atomic mass is 10.2. The third-order valence-electron chi connectivity index (χ3n) is 4.23. The minimum absolute atomic E-state index is 0.0146. The van der Waals surface area contributed by atoms with Gasteiger partial charge in [0.25, 0.3) is 0 Å². The SMILES string of the molecule is O=C1NCCN1CCNc1nccc(-c2ccc(C#Cc3ccccc3)s2)n1. The molecule has 0 bridgehead atoms. The maximum absolute atomic E-state index is 11.5. The zero-order chi connectivity index (χ0) is 19.2. The van der Waals surface area contributed by atoms with E-state index in [2.05, 4.69) is 32.4 Å². The van der Waals surface area contributed by atoms with E-state index in [1.165, 1.54) is 0 Å². The number of aromatic nitrogens is 2. The fourth-order valence-corrected chi connectivity index (χ4v) is 3.64. The summed E-state index contributed by atoms with van der Waals surface area (Å²) in [6.45, 7) is 2.68. The van der Waals surface area contributed by atoms with E-state index in [-0.39, 0.29) is 6.03 Å². The first-order valence-corrected chi connectivity index (χ1v) is 9.86. The number of anilines is 1. The third kappa shape index (κ3) is 4.48. The quantitative estimate of drug-likeness (QED) is 0.658. The number of hydrogen-bond acceptors (Lipinski definition) is 5. The van der Waals surface area contributed by atoms with Crippen molar-refractivity contribution in [2.75, 3.05) is 31.5 Å². The summed E-state index contributed by atoms with van der Waals surface area (Å²) in [5.41, 5.74) is 1.85. The molecule has 6 nitrogen and oxygen atoms in total. The summed E-state index contributed by atoms with van der Waals surface area (Å²) in [4.78, 5) is 24.2. The zero-order valence-corrected chi connectivity index (χ0v) is 16.0. The first kappa shape index (κ1) is 18.0. The molecular formula is C21H19N5OS. The van der Waals surface area contributed by atoms with E-state index in [9.17, 15) is 4.79 Å². The minimum Gasteiger partial charge on any atom is -0.352 e. The Morgan fingerprint density at radius 2 is 2.04 bits per heavy atom. The fraction of sp³-hybridized carbons (Fsp3) is 0.190. The molecule has 3 aromatic rings. The second kappa shape index (κ2) is 8.55. The van der Waals surface area contributed by atoms with Crippen LogP contribution in [-0.4, -0.2) is 47.1 Å². The van der Waals surface area contributed by atoms with Crippen molar-refractivity contribution < 1.29 is 4.79 Å². The molecule has 3 heterocycles. The number of nitrogens with one attached hydrogen (secondary N) is 2. The Kier molecular flexibility index (Phi) is 5.50. The first-order valence-electron chi connectivity index (χ1n) is 9.05. The second-order valence-corrected chi connectivity index (χ2v) is 7.27. The number of carbonyl (C=O) groups is 1. The van der Waals surface area contributed by atoms with Crippen LogP contribution >= 0.6 is 11.3 Å². The van der Waals surface area contributed by atoms with Crippen LogP contribution in [0, 0.1) is 11.8 Å². The van der Waals surface area contributed by atoms with Crippen LogP contribution in [0.25, 0.3) is 10.6 Å². The van der Waals surface area contributed by atoms with Gasteiger partial charge in [0.15, 0.2) is 0 Å². The van der Waals surface area contributed by atoms with Crippen LogP contribution in [0.4, 0.5) is 10.7 Å². The molecular weight excluding hydrogens is 370 g/mol. The van der Waals surface area contributed by atoms with Gasteiger partial charge in [-0.25, -0.2) is 14.8 Å². The molecule has 7 heteroatoms. The van der Waals surface area contributed by atoms with E-state index in [0.717, 1.165) is 27.6 Å². The second-order valence-electron chi connectivity index (χ2n) is 6.19. The molecule has 0 saturated carbocycles. The van der Waals surface area contributed by atoms with Crippen molar-refractivity contribution in [3.63, 3.8) is 0 Å². The van der Waals surface area contributed by atoms with Crippen molar-refractivity contribution in [3.05, 3.63) is 65.2 Å².